The highest BCUT2D eigenvalue weighted by Crippen LogP contribution is 2.17. The van der Waals surface area contributed by atoms with Gasteiger partial charge in [-0.1, -0.05) is 59.5 Å². The first-order valence-electron chi connectivity index (χ1n) is 5.23. The van der Waals surface area contributed by atoms with Crippen LogP contribution in [0.1, 0.15) is 0 Å². The number of benzene rings is 3. The molecule has 0 aliphatic heterocycles. The summed E-state index contributed by atoms with van der Waals surface area (Å²) in [7, 11) is 12.3. The highest BCUT2D eigenvalue weighted by Gasteiger charge is 2.05. The quantitative estimate of drug-likeness (QED) is 0.380. The van der Waals surface area contributed by atoms with Crippen molar-refractivity contribution >= 4 is 48.2 Å². The summed E-state index contributed by atoms with van der Waals surface area (Å²) < 4.78 is 0. The molecule has 70 valence electrons. The van der Waals surface area contributed by atoms with Crippen molar-refractivity contribution in [3.05, 3.63) is 48.5 Å². The Kier molecular flexibility index (Phi) is 2.03. The van der Waals surface area contributed by atoms with Crippen LogP contribution in [0.25, 0.3) is 21.5 Å². The number of fused-ring (bicyclic) bond motifs is 2. The summed E-state index contributed by atoms with van der Waals surface area (Å²) in [5.41, 5.74) is 1.61. The van der Waals surface area contributed by atoms with E-state index in [1.54, 1.807) is 0 Å². The van der Waals surface area contributed by atoms with Gasteiger partial charge in [0.05, 0.1) is 0 Å². The minimum atomic E-state index is 0.806. The van der Waals surface area contributed by atoms with E-state index < -0.39 is 0 Å². The Hall–Kier alpha value is -1.69. The van der Waals surface area contributed by atoms with Crippen LogP contribution in [-0.2, 0) is 0 Å². The van der Waals surface area contributed by atoms with Crippen molar-refractivity contribution in [1.82, 2.24) is 0 Å². The molecule has 4 radical (unpaired) electrons. The van der Waals surface area contributed by atoms with Gasteiger partial charge in [-0.15, -0.1) is 0 Å². The minimum absolute atomic E-state index is 0.806. The zero-order valence-corrected chi connectivity index (χ0v) is 8.77. The highest BCUT2D eigenvalue weighted by atomic mass is 14.1. The second-order valence-corrected chi connectivity index (χ2v) is 3.92. The normalized spacial score (nSPS) is 11.0. The lowest BCUT2D eigenvalue weighted by atomic mass is 9.77. The van der Waals surface area contributed by atoms with Crippen LogP contribution in [-0.4, -0.2) is 15.7 Å². The van der Waals surface area contributed by atoms with E-state index in [2.05, 4.69) is 0 Å². The molecule has 0 aromatic heterocycles. The third-order valence-electron chi connectivity index (χ3n) is 3.01. The summed E-state index contributed by atoms with van der Waals surface area (Å²) in [6, 6.07) is 15.9. The van der Waals surface area contributed by atoms with Gasteiger partial charge in [0.2, 0.25) is 0 Å². The molecule has 0 amide bonds. The van der Waals surface area contributed by atoms with Crippen molar-refractivity contribution in [3.8, 4) is 0 Å². The van der Waals surface area contributed by atoms with Gasteiger partial charge in [0.15, 0.2) is 0 Å². The summed E-state index contributed by atoms with van der Waals surface area (Å²) in [6.45, 7) is 0. The molecule has 0 aliphatic rings. The Labute approximate surface area is 97.1 Å². The van der Waals surface area contributed by atoms with Crippen molar-refractivity contribution in [3.63, 3.8) is 0 Å². The molecule has 0 nitrogen and oxygen atoms in total. The fourth-order valence-electron chi connectivity index (χ4n) is 2.20. The predicted octanol–water partition coefficient (Wildman–Crippen LogP) is 1.58. The average Bonchev–Trinajstić information content (AvgIpc) is 2.36. The van der Waals surface area contributed by atoms with Crippen molar-refractivity contribution < 1.29 is 0 Å². The van der Waals surface area contributed by atoms with E-state index in [0.717, 1.165) is 32.5 Å². The molecular weight excluding hydrogens is 190 g/mol. The first-order valence-corrected chi connectivity index (χ1v) is 5.23. The fourth-order valence-corrected chi connectivity index (χ4v) is 2.20. The predicted molar refractivity (Wildman–Crippen MR) is 72.2 cm³/mol. The maximum absolute atomic E-state index is 6.17. The zero-order chi connectivity index (χ0) is 11.1. The van der Waals surface area contributed by atoms with E-state index in [9.17, 15) is 0 Å². The second kappa shape index (κ2) is 3.41. The lowest BCUT2D eigenvalue weighted by molar-refractivity contribution is 1.80. The van der Waals surface area contributed by atoms with Crippen LogP contribution in [0.4, 0.5) is 0 Å². The molecular formula is C14H8B2. The van der Waals surface area contributed by atoms with Crippen LogP contribution in [0.15, 0.2) is 48.5 Å². The summed E-state index contributed by atoms with van der Waals surface area (Å²) in [5.74, 6) is 0. The Morgan fingerprint density at radius 2 is 0.750 bits per heavy atom. The zero-order valence-electron chi connectivity index (χ0n) is 8.77. The number of rotatable bonds is 0. The van der Waals surface area contributed by atoms with Crippen LogP contribution < -0.4 is 10.9 Å². The van der Waals surface area contributed by atoms with Crippen LogP contribution in [0, 0.1) is 0 Å². The number of hydrogen-bond donors (Lipinski definition) is 0. The van der Waals surface area contributed by atoms with Crippen molar-refractivity contribution in [1.29, 1.82) is 0 Å². The molecule has 0 fully saturated rings. The molecule has 3 aromatic carbocycles. The van der Waals surface area contributed by atoms with Gasteiger partial charge in [0, 0.05) is 0 Å². The van der Waals surface area contributed by atoms with Crippen LogP contribution in [0.3, 0.4) is 0 Å². The Balaban J connectivity index is 2.67. The molecule has 0 unspecified atom stereocenters. The third-order valence-corrected chi connectivity index (χ3v) is 3.01. The summed E-state index contributed by atoms with van der Waals surface area (Å²) >= 11 is 0. The maximum atomic E-state index is 6.17. The maximum Gasteiger partial charge on any atom is 0.115 e. The van der Waals surface area contributed by atoms with Crippen LogP contribution in [0.5, 0.6) is 0 Å². The third kappa shape index (κ3) is 1.19. The second-order valence-electron chi connectivity index (χ2n) is 3.92. The molecule has 3 aromatic rings. The summed E-state index contributed by atoms with van der Waals surface area (Å²) in [5, 5.41) is 4.11. The van der Waals surface area contributed by atoms with E-state index in [1.807, 2.05) is 48.5 Å². The molecule has 2 heteroatoms. The monoisotopic (exact) mass is 198 g/mol. The number of hydrogen-bond acceptors (Lipinski definition) is 0. The Morgan fingerprint density at radius 1 is 0.500 bits per heavy atom. The summed E-state index contributed by atoms with van der Waals surface area (Å²) in [4.78, 5) is 0. The molecule has 3 rings (SSSR count). The van der Waals surface area contributed by atoms with Gasteiger partial charge in [0.1, 0.15) is 15.7 Å². The summed E-state index contributed by atoms with van der Waals surface area (Å²) in [6.07, 6.45) is 0. The lowest BCUT2D eigenvalue weighted by Crippen LogP contribution is -2.15. The first-order chi connectivity index (χ1) is 7.79. The highest BCUT2D eigenvalue weighted by molar-refractivity contribution is 6.53. The molecule has 0 spiro atoms. The Bertz CT molecular complexity index is 570. The van der Waals surface area contributed by atoms with E-state index in [-0.39, 0.29) is 0 Å². The molecule has 0 atom stereocenters. The van der Waals surface area contributed by atoms with Gasteiger partial charge in [0.25, 0.3) is 0 Å². The molecule has 0 N–H and O–H groups in total. The van der Waals surface area contributed by atoms with Crippen molar-refractivity contribution in [2.45, 2.75) is 0 Å². The van der Waals surface area contributed by atoms with E-state index in [4.69, 9.17) is 15.7 Å². The smallest absolute Gasteiger partial charge is 0.0813 e. The lowest BCUT2D eigenvalue weighted by Gasteiger charge is -2.12. The fraction of sp³-hybridized carbons (Fsp3) is 0. The van der Waals surface area contributed by atoms with E-state index in [1.165, 1.54) is 0 Å². The van der Waals surface area contributed by atoms with Crippen molar-refractivity contribution in [2.24, 2.45) is 0 Å². The average molecular weight is 198 g/mol. The molecule has 16 heavy (non-hydrogen) atoms. The largest absolute Gasteiger partial charge is 0.115 e. The molecule has 0 bridgehead atoms. The molecule has 0 saturated carbocycles. The minimum Gasteiger partial charge on any atom is -0.0813 e. The van der Waals surface area contributed by atoms with Gasteiger partial charge in [-0.2, -0.15) is 0 Å². The van der Waals surface area contributed by atoms with Crippen molar-refractivity contribution in [2.75, 3.05) is 0 Å². The van der Waals surface area contributed by atoms with Gasteiger partial charge in [-0.25, -0.2) is 0 Å². The SMILES string of the molecule is [B]c1c2ccccc2c([B])c2ccccc12. The Morgan fingerprint density at radius 3 is 1.00 bits per heavy atom. The topological polar surface area (TPSA) is 0 Å². The van der Waals surface area contributed by atoms with E-state index >= 15 is 0 Å². The first kappa shape index (κ1) is 9.53. The van der Waals surface area contributed by atoms with Crippen LogP contribution in [0.2, 0.25) is 0 Å². The molecule has 0 heterocycles. The van der Waals surface area contributed by atoms with Gasteiger partial charge in [-0.05, 0) is 21.5 Å². The van der Waals surface area contributed by atoms with E-state index in [0.29, 0.717) is 0 Å². The standard InChI is InChI=1S/C14H8B2/c15-13-9-5-1-2-6-10(9)14(16)12-8-4-3-7-11(12)13/h1-8H. The van der Waals surface area contributed by atoms with Gasteiger partial charge < -0.3 is 0 Å². The van der Waals surface area contributed by atoms with Gasteiger partial charge in [-0.3, -0.25) is 0 Å². The molecule has 0 aliphatic carbocycles. The van der Waals surface area contributed by atoms with Gasteiger partial charge >= 0.3 is 0 Å². The van der Waals surface area contributed by atoms with Crippen LogP contribution >= 0.6 is 0 Å². The molecule has 0 saturated heterocycles.